The Hall–Kier alpha value is -1.64. The van der Waals surface area contributed by atoms with E-state index in [2.05, 4.69) is 10.0 Å². The van der Waals surface area contributed by atoms with Crippen molar-refractivity contribution in [1.82, 2.24) is 10.0 Å². The molecular formula is C19H31N3O4S. The Morgan fingerprint density at radius 1 is 1.30 bits per heavy atom. The van der Waals surface area contributed by atoms with Crippen LogP contribution in [0, 0.1) is 5.92 Å². The van der Waals surface area contributed by atoms with Gasteiger partial charge in [0.25, 0.3) is 0 Å². The van der Waals surface area contributed by atoms with Crippen LogP contribution in [0.1, 0.15) is 51.0 Å². The lowest BCUT2D eigenvalue weighted by Gasteiger charge is -2.30. The van der Waals surface area contributed by atoms with Crippen LogP contribution in [0.3, 0.4) is 0 Å². The van der Waals surface area contributed by atoms with E-state index in [0.29, 0.717) is 17.7 Å². The molecule has 4 N–H and O–H groups in total. The van der Waals surface area contributed by atoms with Crippen LogP contribution in [0.5, 0.6) is 5.75 Å². The largest absolute Gasteiger partial charge is 0.496 e. The van der Waals surface area contributed by atoms with Crippen LogP contribution in [-0.4, -0.2) is 34.0 Å². The summed E-state index contributed by atoms with van der Waals surface area (Å²) in [6.07, 6.45) is 5.80. The maximum Gasteiger partial charge on any atom is 0.240 e. The monoisotopic (exact) mass is 397 g/mol. The van der Waals surface area contributed by atoms with Crippen LogP contribution < -0.4 is 20.5 Å². The van der Waals surface area contributed by atoms with E-state index < -0.39 is 10.0 Å². The molecule has 1 aliphatic carbocycles. The molecule has 8 heteroatoms. The minimum atomic E-state index is -3.71. The topological polar surface area (TPSA) is 111 Å². The molecule has 7 nitrogen and oxygen atoms in total. The molecule has 1 amide bonds. The molecule has 0 aromatic heterocycles. The summed E-state index contributed by atoms with van der Waals surface area (Å²) < 4.78 is 33.9. The van der Waals surface area contributed by atoms with Crippen LogP contribution in [0.15, 0.2) is 23.1 Å². The minimum Gasteiger partial charge on any atom is -0.496 e. The van der Waals surface area contributed by atoms with Gasteiger partial charge in [-0.05, 0) is 37.0 Å². The van der Waals surface area contributed by atoms with E-state index in [1.165, 1.54) is 19.6 Å². The van der Waals surface area contributed by atoms with Crippen molar-refractivity contribution in [3.63, 3.8) is 0 Å². The summed E-state index contributed by atoms with van der Waals surface area (Å²) in [5, 5.41) is 2.75. The van der Waals surface area contributed by atoms with Crippen LogP contribution in [0.2, 0.25) is 0 Å². The maximum atomic E-state index is 12.9. The lowest BCUT2D eigenvalue weighted by Crippen LogP contribution is -2.45. The number of benzene rings is 1. The number of carbonyl (C=O) groups excluding carboxylic acids is 1. The first-order chi connectivity index (χ1) is 12.9. The van der Waals surface area contributed by atoms with Gasteiger partial charge in [-0.3, -0.25) is 4.79 Å². The zero-order chi connectivity index (χ0) is 19.9. The van der Waals surface area contributed by atoms with Crippen LogP contribution >= 0.6 is 0 Å². The minimum absolute atomic E-state index is 0.107. The summed E-state index contributed by atoms with van der Waals surface area (Å²) in [5.74, 6) is 0.706. The molecule has 1 aromatic carbocycles. The number of nitrogens with two attached hydrogens (primary N) is 1. The van der Waals surface area contributed by atoms with Gasteiger partial charge in [-0.25, -0.2) is 13.1 Å². The second-order valence-corrected chi connectivity index (χ2v) is 8.68. The molecule has 1 atom stereocenters. The van der Waals surface area contributed by atoms with Crippen molar-refractivity contribution in [2.24, 2.45) is 11.7 Å². The summed E-state index contributed by atoms with van der Waals surface area (Å²) in [4.78, 5) is 11.7. The number of hydrogen-bond donors (Lipinski definition) is 3. The van der Waals surface area contributed by atoms with Gasteiger partial charge in [0.05, 0.1) is 12.0 Å². The Morgan fingerprint density at radius 3 is 2.59 bits per heavy atom. The molecule has 0 spiro atoms. The fourth-order valence-corrected chi connectivity index (χ4v) is 4.89. The van der Waals surface area contributed by atoms with Crippen molar-refractivity contribution in [1.29, 1.82) is 0 Å². The van der Waals surface area contributed by atoms with Crippen LogP contribution in [0.4, 0.5) is 0 Å². The third-order valence-electron chi connectivity index (χ3n) is 5.14. The van der Waals surface area contributed by atoms with E-state index in [9.17, 15) is 13.2 Å². The van der Waals surface area contributed by atoms with Gasteiger partial charge in [-0.15, -0.1) is 0 Å². The maximum absolute atomic E-state index is 12.9. The highest BCUT2D eigenvalue weighted by atomic mass is 32.2. The van der Waals surface area contributed by atoms with Crippen molar-refractivity contribution in [2.75, 3.05) is 13.7 Å². The quantitative estimate of drug-likeness (QED) is 0.589. The first-order valence-corrected chi connectivity index (χ1v) is 11.1. The van der Waals surface area contributed by atoms with E-state index >= 15 is 0 Å². The molecule has 0 heterocycles. The number of ether oxygens (including phenoxy) is 1. The zero-order valence-corrected chi connectivity index (χ0v) is 17.0. The number of nitrogens with one attached hydrogen (secondary N) is 2. The standard InChI is InChI=1S/C19H31N3O4S/c1-3-19(23)21-13-15-11-16(9-10-18(15)26-2)27(24,25)22-17(12-20)14-7-5-4-6-8-14/h9-11,14,17,22H,3-8,12-13,20H2,1-2H3,(H,21,23). The normalized spacial score (nSPS) is 16.7. The van der Waals surface area contributed by atoms with Gasteiger partial charge < -0.3 is 15.8 Å². The van der Waals surface area contributed by atoms with Crippen molar-refractivity contribution in [3.8, 4) is 5.75 Å². The highest BCUT2D eigenvalue weighted by Gasteiger charge is 2.27. The zero-order valence-electron chi connectivity index (χ0n) is 16.2. The van der Waals surface area contributed by atoms with E-state index in [1.54, 1.807) is 19.1 Å². The van der Waals surface area contributed by atoms with Gasteiger partial charge in [0.2, 0.25) is 15.9 Å². The third-order valence-corrected chi connectivity index (χ3v) is 6.63. The SMILES string of the molecule is CCC(=O)NCc1cc(S(=O)(=O)NC(CN)C2CCCCC2)ccc1OC. The highest BCUT2D eigenvalue weighted by Crippen LogP contribution is 2.28. The Bertz CT molecular complexity index is 730. The Kier molecular flexibility index (Phi) is 8.07. The fraction of sp³-hybridized carbons (Fsp3) is 0.632. The Labute approximate surface area is 162 Å². The van der Waals surface area contributed by atoms with Gasteiger partial charge >= 0.3 is 0 Å². The molecular weight excluding hydrogens is 366 g/mol. The summed E-state index contributed by atoms with van der Waals surface area (Å²) in [6, 6.07) is 4.41. The molecule has 1 aromatic rings. The summed E-state index contributed by atoms with van der Waals surface area (Å²) in [7, 11) is -2.20. The first-order valence-electron chi connectivity index (χ1n) is 9.57. The van der Waals surface area contributed by atoms with Crippen molar-refractivity contribution in [2.45, 2.75) is 62.9 Å². The molecule has 0 aliphatic heterocycles. The molecule has 152 valence electrons. The molecule has 1 fully saturated rings. The van der Waals surface area contributed by atoms with Gasteiger partial charge in [-0.1, -0.05) is 26.2 Å². The van der Waals surface area contributed by atoms with Crippen LogP contribution in [-0.2, 0) is 21.4 Å². The number of methoxy groups -OCH3 is 1. The molecule has 1 unspecified atom stereocenters. The average molecular weight is 398 g/mol. The lowest BCUT2D eigenvalue weighted by molar-refractivity contribution is -0.120. The number of hydrogen-bond acceptors (Lipinski definition) is 5. The first kappa shape index (κ1) is 21.7. The molecule has 0 radical (unpaired) electrons. The Morgan fingerprint density at radius 2 is 2.00 bits per heavy atom. The number of sulfonamides is 1. The van der Waals surface area contributed by atoms with Crippen molar-refractivity contribution >= 4 is 15.9 Å². The van der Waals surface area contributed by atoms with Gasteiger partial charge in [-0.2, -0.15) is 0 Å². The Balaban J connectivity index is 2.19. The third kappa shape index (κ3) is 5.92. The summed E-state index contributed by atoms with van der Waals surface area (Å²) in [6.45, 7) is 2.25. The molecule has 27 heavy (non-hydrogen) atoms. The number of amides is 1. The van der Waals surface area contributed by atoms with Crippen LogP contribution in [0.25, 0.3) is 0 Å². The summed E-state index contributed by atoms with van der Waals surface area (Å²) >= 11 is 0. The van der Waals surface area contributed by atoms with E-state index in [4.69, 9.17) is 10.5 Å². The molecule has 0 saturated heterocycles. The summed E-state index contributed by atoms with van der Waals surface area (Å²) in [5.41, 5.74) is 6.48. The van der Waals surface area contributed by atoms with E-state index in [1.807, 2.05) is 0 Å². The second-order valence-electron chi connectivity index (χ2n) is 6.97. The molecule has 1 aliphatic rings. The predicted octanol–water partition coefficient (Wildman–Crippen LogP) is 1.91. The van der Waals surface area contributed by atoms with E-state index in [0.717, 1.165) is 25.7 Å². The fourth-order valence-electron chi connectivity index (χ4n) is 3.52. The van der Waals surface area contributed by atoms with Crippen molar-refractivity contribution < 1.29 is 17.9 Å². The highest BCUT2D eigenvalue weighted by molar-refractivity contribution is 7.89. The molecule has 0 bridgehead atoms. The lowest BCUT2D eigenvalue weighted by atomic mass is 9.84. The second kappa shape index (κ2) is 10.1. The van der Waals surface area contributed by atoms with Gasteiger partial charge in [0.1, 0.15) is 5.75 Å². The van der Waals surface area contributed by atoms with Crippen molar-refractivity contribution in [3.05, 3.63) is 23.8 Å². The van der Waals surface area contributed by atoms with Gasteiger partial charge in [0, 0.05) is 31.1 Å². The van der Waals surface area contributed by atoms with Gasteiger partial charge in [0.15, 0.2) is 0 Å². The molecule has 2 rings (SSSR count). The average Bonchev–Trinajstić information content (AvgIpc) is 2.70. The smallest absolute Gasteiger partial charge is 0.240 e. The number of carbonyl (C=O) groups is 1. The predicted molar refractivity (Wildman–Crippen MR) is 105 cm³/mol. The molecule has 1 saturated carbocycles. The number of rotatable bonds is 9. The van der Waals surface area contributed by atoms with E-state index in [-0.39, 0.29) is 35.9 Å².